The molecule has 0 radical (unpaired) electrons. The van der Waals surface area contributed by atoms with E-state index < -0.39 is 18.0 Å². The normalized spacial score (nSPS) is 14.3. The number of aliphatic hydroxyl groups is 1. The lowest BCUT2D eigenvalue weighted by Gasteiger charge is -2.34. The van der Waals surface area contributed by atoms with Crippen LogP contribution >= 0.6 is 0 Å². The number of carbonyl (C=O) groups is 1. The van der Waals surface area contributed by atoms with Crippen LogP contribution in [0.2, 0.25) is 0 Å². The van der Waals surface area contributed by atoms with Crippen molar-refractivity contribution in [3.63, 3.8) is 0 Å². The quantitative estimate of drug-likeness (QED) is 0.439. The number of para-hydroxylation sites is 2. The second-order valence-corrected chi connectivity index (χ2v) is 7.41. The Bertz CT molecular complexity index is 1360. The second kappa shape index (κ2) is 7.14. The molecule has 6 nitrogen and oxygen atoms in total. The number of amides is 1. The first kappa shape index (κ1) is 19.1. The molecule has 0 aliphatic carbocycles. The molecule has 1 aromatic heterocycles. The van der Waals surface area contributed by atoms with Crippen molar-refractivity contribution in [2.45, 2.75) is 6.23 Å². The van der Waals surface area contributed by atoms with E-state index in [0.717, 1.165) is 17.0 Å². The SMILES string of the molecule is C=CC(O)N1CCOc2c(-c3c(F)cc(C(N)=O)c4[nH]c5ccccc5c34)cccc21. The fourth-order valence-electron chi connectivity index (χ4n) is 4.32. The molecule has 1 atom stereocenters. The molecule has 1 aliphatic rings. The summed E-state index contributed by atoms with van der Waals surface area (Å²) in [5, 5.41) is 11.7. The van der Waals surface area contributed by atoms with E-state index in [1.807, 2.05) is 30.3 Å². The monoisotopic (exact) mass is 417 g/mol. The number of ether oxygens (including phenoxy) is 1. The number of hydrogen-bond acceptors (Lipinski definition) is 4. The molecule has 0 saturated heterocycles. The zero-order valence-electron chi connectivity index (χ0n) is 16.6. The Balaban J connectivity index is 1.87. The largest absolute Gasteiger partial charge is 0.489 e. The maximum atomic E-state index is 15.6. The van der Waals surface area contributed by atoms with Gasteiger partial charge in [-0.25, -0.2) is 4.39 Å². The lowest BCUT2D eigenvalue weighted by atomic mass is 9.94. The summed E-state index contributed by atoms with van der Waals surface area (Å²) in [6.07, 6.45) is 0.537. The van der Waals surface area contributed by atoms with Gasteiger partial charge in [-0.15, -0.1) is 0 Å². The first-order chi connectivity index (χ1) is 15.0. The predicted molar refractivity (Wildman–Crippen MR) is 119 cm³/mol. The number of fused-ring (bicyclic) bond motifs is 4. The summed E-state index contributed by atoms with van der Waals surface area (Å²) in [4.78, 5) is 17.0. The van der Waals surface area contributed by atoms with E-state index in [9.17, 15) is 9.90 Å². The highest BCUT2D eigenvalue weighted by Crippen LogP contribution is 2.46. The van der Waals surface area contributed by atoms with Crippen molar-refractivity contribution in [2.24, 2.45) is 5.73 Å². The molecule has 2 heterocycles. The van der Waals surface area contributed by atoms with Gasteiger partial charge in [0.2, 0.25) is 0 Å². The molecule has 7 heteroatoms. The number of rotatable bonds is 4. The van der Waals surface area contributed by atoms with Crippen LogP contribution in [0.1, 0.15) is 10.4 Å². The van der Waals surface area contributed by atoms with Gasteiger partial charge in [0.1, 0.15) is 18.7 Å². The number of halogens is 1. The topological polar surface area (TPSA) is 91.6 Å². The minimum atomic E-state index is -0.895. The summed E-state index contributed by atoms with van der Waals surface area (Å²) in [7, 11) is 0. The molecule has 3 aromatic carbocycles. The molecule has 4 N–H and O–H groups in total. The molecular formula is C24H20FN3O3. The molecule has 0 saturated carbocycles. The van der Waals surface area contributed by atoms with E-state index in [4.69, 9.17) is 10.5 Å². The summed E-state index contributed by atoms with van der Waals surface area (Å²) in [6.45, 7) is 4.45. The highest BCUT2D eigenvalue weighted by molar-refractivity contribution is 6.20. The number of carbonyl (C=O) groups excluding carboxylic acids is 1. The van der Waals surface area contributed by atoms with Crippen molar-refractivity contribution in [1.82, 2.24) is 4.98 Å². The fraction of sp³-hybridized carbons (Fsp3) is 0.125. The van der Waals surface area contributed by atoms with E-state index in [1.54, 1.807) is 17.0 Å². The number of aliphatic hydroxyl groups excluding tert-OH is 1. The number of anilines is 1. The highest BCUT2D eigenvalue weighted by atomic mass is 19.1. The number of benzene rings is 3. The number of nitrogens with one attached hydrogen (secondary N) is 1. The number of nitrogens with two attached hydrogens (primary N) is 1. The maximum absolute atomic E-state index is 15.6. The van der Waals surface area contributed by atoms with Gasteiger partial charge in [-0.1, -0.05) is 36.9 Å². The highest BCUT2D eigenvalue weighted by Gasteiger charge is 2.28. The summed E-state index contributed by atoms with van der Waals surface area (Å²) in [5.41, 5.74) is 8.35. The lowest BCUT2D eigenvalue weighted by molar-refractivity contribution is 0.100. The summed E-state index contributed by atoms with van der Waals surface area (Å²) >= 11 is 0. The van der Waals surface area contributed by atoms with Crippen molar-refractivity contribution in [2.75, 3.05) is 18.1 Å². The molecule has 1 unspecified atom stereocenters. The molecule has 31 heavy (non-hydrogen) atoms. The van der Waals surface area contributed by atoms with Crippen LogP contribution in [-0.4, -0.2) is 35.4 Å². The first-order valence-corrected chi connectivity index (χ1v) is 9.87. The fourth-order valence-corrected chi connectivity index (χ4v) is 4.32. The van der Waals surface area contributed by atoms with Crippen molar-refractivity contribution >= 4 is 33.4 Å². The van der Waals surface area contributed by atoms with Gasteiger partial charge in [0, 0.05) is 27.4 Å². The van der Waals surface area contributed by atoms with E-state index >= 15 is 4.39 Å². The van der Waals surface area contributed by atoms with Crippen molar-refractivity contribution in [3.05, 3.63) is 72.6 Å². The summed E-state index contributed by atoms with van der Waals surface area (Å²) < 4.78 is 21.5. The second-order valence-electron chi connectivity index (χ2n) is 7.41. The molecule has 0 fully saturated rings. The zero-order chi connectivity index (χ0) is 21.7. The van der Waals surface area contributed by atoms with Crippen LogP contribution in [0.3, 0.4) is 0 Å². The molecule has 156 valence electrons. The third kappa shape index (κ3) is 2.85. The smallest absolute Gasteiger partial charge is 0.250 e. The van der Waals surface area contributed by atoms with Gasteiger partial charge >= 0.3 is 0 Å². The maximum Gasteiger partial charge on any atom is 0.250 e. The predicted octanol–water partition coefficient (Wildman–Crippen LogP) is 3.93. The Kier molecular flexibility index (Phi) is 4.41. The van der Waals surface area contributed by atoms with Crippen molar-refractivity contribution < 1.29 is 19.0 Å². The molecular weight excluding hydrogens is 397 g/mol. The van der Waals surface area contributed by atoms with Crippen LogP contribution in [-0.2, 0) is 0 Å². The molecule has 0 spiro atoms. The van der Waals surface area contributed by atoms with Crippen LogP contribution in [0.25, 0.3) is 32.9 Å². The Morgan fingerprint density at radius 3 is 2.87 bits per heavy atom. The number of hydrogen-bond donors (Lipinski definition) is 3. The van der Waals surface area contributed by atoms with Gasteiger partial charge in [-0.05, 0) is 24.3 Å². The molecule has 5 rings (SSSR count). The van der Waals surface area contributed by atoms with Crippen molar-refractivity contribution in [3.8, 4) is 16.9 Å². The van der Waals surface area contributed by atoms with Gasteiger partial charge in [0.05, 0.1) is 23.3 Å². The Hall–Kier alpha value is -3.84. The Labute approximate surface area is 177 Å². The minimum absolute atomic E-state index is 0.0851. The third-order valence-corrected chi connectivity index (χ3v) is 5.68. The van der Waals surface area contributed by atoms with Crippen molar-refractivity contribution in [1.29, 1.82) is 0 Å². The lowest BCUT2D eigenvalue weighted by Crippen LogP contribution is -2.40. The van der Waals surface area contributed by atoms with Gasteiger partial charge in [0.25, 0.3) is 5.91 Å². The Morgan fingerprint density at radius 1 is 1.29 bits per heavy atom. The van der Waals surface area contributed by atoms with E-state index in [-0.39, 0.29) is 5.56 Å². The van der Waals surface area contributed by atoms with E-state index in [1.165, 1.54) is 6.08 Å². The van der Waals surface area contributed by atoms with Gasteiger partial charge in [0.15, 0.2) is 5.75 Å². The van der Waals surface area contributed by atoms with Gasteiger partial charge in [-0.3, -0.25) is 4.79 Å². The summed E-state index contributed by atoms with van der Waals surface area (Å²) in [5.74, 6) is -0.829. The number of H-pyrrole nitrogens is 1. The van der Waals surface area contributed by atoms with Crippen LogP contribution in [0.4, 0.5) is 10.1 Å². The summed E-state index contributed by atoms with van der Waals surface area (Å²) in [6, 6.07) is 14.0. The molecule has 0 bridgehead atoms. The first-order valence-electron chi connectivity index (χ1n) is 9.87. The minimum Gasteiger partial charge on any atom is -0.489 e. The third-order valence-electron chi connectivity index (χ3n) is 5.68. The van der Waals surface area contributed by atoms with Gasteiger partial charge in [-0.2, -0.15) is 0 Å². The van der Waals surface area contributed by atoms with E-state index in [0.29, 0.717) is 46.6 Å². The van der Waals surface area contributed by atoms with Crippen LogP contribution < -0.4 is 15.4 Å². The average molecular weight is 417 g/mol. The standard InChI is InChI=1S/C24H20FN3O3/c1-2-19(29)28-10-11-31-23-14(7-5-9-18(23)28)20-16(25)12-15(24(26)30)22-21(20)13-6-3-4-8-17(13)27-22/h2-9,12,19,27,29H,1,10-11H2,(H2,26,30). The number of primary amides is 1. The van der Waals surface area contributed by atoms with Gasteiger partial charge < -0.3 is 25.5 Å². The van der Waals surface area contributed by atoms with Crippen LogP contribution in [0.5, 0.6) is 5.75 Å². The zero-order valence-corrected chi connectivity index (χ0v) is 16.6. The van der Waals surface area contributed by atoms with E-state index in [2.05, 4.69) is 11.6 Å². The molecule has 4 aromatic rings. The average Bonchev–Trinajstić information content (AvgIpc) is 3.16. The number of nitrogens with zero attached hydrogens (tertiary/aromatic N) is 1. The molecule has 1 amide bonds. The molecule has 1 aliphatic heterocycles. The number of aromatic amines is 1. The Morgan fingerprint density at radius 2 is 2.10 bits per heavy atom. The van der Waals surface area contributed by atoms with Crippen LogP contribution in [0.15, 0.2) is 61.2 Å². The van der Waals surface area contributed by atoms with Crippen LogP contribution in [0, 0.1) is 5.82 Å². The number of aromatic nitrogens is 1.